The van der Waals surface area contributed by atoms with Crippen molar-refractivity contribution in [1.29, 1.82) is 0 Å². The highest BCUT2D eigenvalue weighted by molar-refractivity contribution is 6.24. The molecule has 0 radical (unpaired) electrons. The van der Waals surface area contributed by atoms with E-state index in [1.807, 2.05) is 0 Å². The van der Waals surface area contributed by atoms with Crippen LogP contribution in [-0.2, 0) is 22.2 Å². The number of non-ortho nitro benzene ring substituents is 1. The van der Waals surface area contributed by atoms with Crippen LogP contribution in [0, 0.1) is 10.1 Å². The molecule has 12 heteroatoms. The molecule has 5 rings (SSSR count). The van der Waals surface area contributed by atoms with E-state index in [0.717, 1.165) is 12.1 Å². The Hall–Kier alpha value is -6.30. The highest BCUT2D eigenvalue weighted by atomic mass is 19.4. The molecule has 3 N–H and O–H groups in total. The highest BCUT2D eigenvalue weighted by Gasteiger charge is 2.30. The Labute approximate surface area is 265 Å². The Kier molecular flexibility index (Phi) is 9.13. The largest absolute Gasteiger partial charge is 0.457 e. The van der Waals surface area contributed by atoms with Crippen molar-refractivity contribution in [3.63, 3.8) is 0 Å². The molecule has 0 saturated heterocycles. The zero-order chi connectivity index (χ0) is 33.7. The van der Waals surface area contributed by atoms with Gasteiger partial charge < -0.3 is 15.5 Å². The number of primary amides is 1. The molecule has 0 spiro atoms. The van der Waals surface area contributed by atoms with Gasteiger partial charge >= 0.3 is 6.18 Å². The predicted octanol–water partition coefficient (Wildman–Crippen LogP) is 7.31. The van der Waals surface area contributed by atoms with E-state index in [-0.39, 0.29) is 40.3 Å². The number of carbonyl (C=O) groups excluding carboxylic acids is 3. The summed E-state index contributed by atoms with van der Waals surface area (Å²) in [5.41, 5.74) is 6.35. The number of furan rings is 1. The number of benzene rings is 4. The van der Waals surface area contributed by atoms with Crippen molar-refractivity contribution < 1.29 is 36.9 Å². The lowest BCUT2D eigenvalue weighted by atomic mass is 9.95. The molecule has 2 amide bonds. The Morgan fingerprint density at radius 2 is 1.53 bits per heavy atom. The van der Waals surface area contributed by atoms with Gasteiger partial charge in [-0.05, 0) is 65.7 Å². The summed E-state index contributed by atoms with van der Waals surface area (Å²) in [6, 6.07) is 25.6. The van der Waals surface area contributed by atoms with Crippen LogP contribution in [0.2, 0.25) is 0 Å². The van der Waals surface area contributed by atoms with E-state index in [0.29, 0.717) is 22.5 Å². The molecule has 0 bridgehead atoms. The zero-order valence-electron chi connectivity index (χ0n) is 24.3. The van der Waals surface area contributed by atoms with Gasteiger partial charge in [0.1, 0.15) is 11.5 Å². The summed E-state index contributed by atoms with van der Waals surface area (Å²) in [5, 5.41) is 13.6. The number of alkyl halides is 3. The fourth-order valence-electron chi connectivity index (χ4n) is 4.72. The Morgan fingerprint density at radius 3 is 2.15 bits per heavy atom. The number of carbonyl (C=O) groups is 3. The number of hydrogen-bond acceptors (Lipinski definition) is 6. The smallest absolute Gasteiger partial charge is 0.416 e. The van der Waals surface area contributed by atoms with E-state index in [2.05, 4.69) is 5.32 Å². The lowest BCUT2D eigenvalue weighted by Gasteiger charge is -2.14. The second-order valence-corrected chi connectivity index (χ2v) is 10.3. The maximum Gasteiger partial charge on any atom is 0.416 e. The number of anilines is 1. The first-order valence-electron chi connectivity index (χ1n) is 14.0. The lowest BCUT2D eigenvalue weighted by molar-refractivity contribution is -0.384. The van der Waals surface area contributed by atoms with E-state index in [1.54, 1.807) is 42.5 Å². The van der Waals surface area contributed by atoms with Gasteiger partial charge in [0, 0.05) is 28.8 Å². The summed E-state index contributed by atoms with van der Waals surface area (Å²) in [7, 11) is 0. The Morgan fingerprint density at radius 1 is 0.851 bits per heavy atom. The van der Waals surface area contributed by atoms with Crippen molar-refractivity contribution in [2.75, 3.05) is 5.32 Å². The molecule has 0 atom stereocenters. The zero-order valence-corrected chi connectivity index (χ0v) is 24.3. The molecular formula is C35H24F3N3O6. The lowest BCUT2D eigenvalue weighted by Crippen LogP contribution is -2.18. The first-order chi connectivity index (χ1) is 22.4. The van der Waals surface area contributed by atoms with Crippen LogP contribution < -0.4 is 11.1 Å². The van der Waals surface area contributed by atoms with Crippen molar-refractivity contribution in [1.82, 2.24) is 0 Å². The van der Waals surface area contributed by atoms with Crippen molar-refractivity contribution in [2.24, 2.45) is 5.73 Å². The van der Waals surface area contributed by atoms with Crippen LogP contribution in [0.25, 0.3) is 23.0 Å². The van der Waals surface area contributed by atoms with Crippen LogP contribution in [-0.4, -0.2) is 22.5 Å². The number of nitrogens with one attached hydrogen (secondary N) is 1. The molecule has 236 valence electrons. The maximum absolute atomic E-state index is 13.6. The van der Waals surface area contributed by atoms with Gasteiger partial charge in [0.15, 0.2) is 5.78 Å². The van der Waals surface area contributed by atoms with Crippen LogP contribution >= 0.6 is 0 Å². The number of amides is 2. The average Bonchev–Trinajstić information content (AvgIpc) is 3.52. The summed E-state index contributed by atoms with van der Waals surface area (Å²) < 4.78 is 44.6. The van der Waals surface area contributed by atoms with Crippen molar-refractivity contribution >= 4 is 40.6 Å². The maximum atomic E-state index is 13.6. The number of hydrogen-bond donors (Lipinski definition) is 2. The summed E-state index contributed by atoms with van der Waals surface area (Å²) >= 11 is 0. The topological polar surface area (TPSA) is 146 Å². The molecule has 0 aliphatic carbocycles. The van der Waals surface area contributed by atoms with Gasteiger partial charge in [0.25, 0.3) is 5.69 Å². The summed E-state index contributed by atoms with van der Waals surface area (Å²) in [6.07, 6.45) is -3.40. The monoisotopic (exact) mass is 639 g/mol. The van der Waals surface area contributed by atoms with Crippen molar-refractivity contribution in [2.45, 2.75) is 12.6 Å². The van der Waals surface area contributed by atoms with Crippen LogP contribution in [0.5, 0.6) is 0 Å². The van der Waals surface area contributed by atoms with Crippen molar-refractivity contribution in [3.8, 4) is 11.3 Å². The summed E-state index contributed by atoms with van der Waals surface area (Å²) in [5.74, 6) is -1.28. The molecule has 0 fully saturated rings. The highest BCUT2D eigenvalue weighted by Crippen LogP contribution is 2.31. The normalized spacial score (nSPS) is 11.6. The second-order valence-electron chi connectivity index (χ2n) is 10.3. The summed E-state index contributed by atoms with van der Waals surface area (Å²) in [6.45, 7) is 0. The minimum Gasteiger partial charge on any atom is -0.457 e. The van der Waals surface area contributed by atoms with Gasteiger partial charge in [0.2, 0.25) is 11.8 Å². The number of nitro groups is 1. The molecular weight excluding hydrogens is 615 g/mol. The van der Waals surface area contributed by atoms with Gasteiger partial charge in [-0.15, -0.1) is 0 Å². The van der Waals surface area contributed by atoms with E-state index in [1.165, 1.54) is 60.7 Å². The number of rotatable bonds is 10. The molecule has 47 heavy (non-hydrogen) atoms. The number of nitro benzene ring substituents is 1. The van der Waals surface area contributed by atoms with Crippen LogP contribution in [0.4, 0.5) is 24.5 Å². The van der Waals surface area contributed by atoms with Gasteiger partial charge in [0.05, 0.1) is 28.2 Å². The standard InChI is InChI=1S/C35H24F3N3O6/c36-35(37,38)25-11-6-21(7-12-25)18-32(42)40-30-16-10-24(19-29(30)33(43)23-4-2-1-3-5-23)28(34(39)44)20-27-15-17-31(47-27)22-8-13-26(14-9-22)41(45)46/h1-17,19-20H,18H2,(H2,39,44)(H,40,42). The second kappa shape index (κ2) is 13.4. The number of nitrogens with two attached hydrogens (primary N) is 1. The average molecular weight is 640 g/mol. The van der Waals surface area contributed by atoms with E-state index in [4.69, 9.17) is 10.2 Å². The summed E-state index contributed by atoms with van der Waals surface area (Å²) in [4.78, 5) is 49.6. The SMILES string of the molecule is NC(=O)C(=Cc1ccc(-c2ccc([N+](=O)[O-])cc2)o1)c1ccc(NC(=O)Cc2ccc(C(F)(F)F)cc2)c(C(=O)c2ccccc2)c1. The van der Waals surface area contributed by atoms with Gasteiger partial charge in [-0.1, -0.05) is 48.5 Å². The Balaban J connectivity index is 1.46. The minimum absolute atomic E-state index is 0.0145. The molecule has 1 aromatic heterocycles. The van der Waals surface area contributed by atoms with E-state index >= 15 is 0 Å². The molecule has 9 nitrogen and oxygen atoms in total. The number of nitrogens with zero attached hydrogens (tertiary/aromatic N) is 1. The van der Waals surface area contributed by atoms with Gasteiger partial charge in [-0.25, -0.2) is 0 Å². The molecule has 5 aromatic rings. The minimum atomic E-state index is -4.51. The van der Waals surface area contributed by atoms with Crippen LogP contribution in [0.3, 0.4) is 0 Å². The van der Waals surface area contributed by atoms with Crippen molar-refractivity contribution in [3.05, 3.63) is 153 Å². The first-order valence-corrected chi connectivity index (χ1v) is 14.0. The van der Waals surface area contributed by atoms with Gasteiger partial charge in [-0.2, -0.15) is 13.2 Å². The quantitative estimate of drug-likeness (QED) is 0.0709. The van der Waals surface area contributed by atoms with Crippen LogP contribution in [0.1, 0.15) is 38.4 Å². The Bertz CT molecular complexity index is 2000. The molecule has 0 saturated carbocycles. The predicted molar refractivity (Wildman–Crippen MR) is 168 cm³/mol. The van der Waals surface area contributed by atoms with Gasteiger partial charge in [-0.3, -0.25) is 24.5 Å². The third-order valence-electron chi connectivity index (χ3n) is 7.07. The molecule has 0 aliphatic rings. The third-order valence-corrected chi connectivity index (χ3v) is 7.07. The first kappa shape index (κ1) is 32.1. The fraction of sp³-hybridized carbons (Fsp3) is 0.0571. The van der Waals surface area contributed by atoms with Crippen LogP contribution in [0.15, 0.2) is 114 Å². The molecule has 4 aromatic carbocycles. The van der Waals surface area contributed by atoms with E-state index < -0.39 is 34.3 Å². The third kappa shape index (κ3) is 7.68. The molecule has 1 heterocycles. The molecule has 0 unspecified atom stereocenters. The molecule has 0 aliphatic heterocycles. The fourth-order valence-corrected chi connectivity index (χ4v) is 4.72. The van der Waals surface area contributed by atoms with E-state index in [9.17, 15) is 37.7 Å². The number of ketones is 1. The number of halogens is 3.